The number of halogens is 1. The number of carbonyl (C=O) groups excluding carboxylic acids is 1. The number of aromatic nitrogens is 2. The van der Waals surface area contributed by atoms with Gasteiger partial charge in [-0.2, -0.15) is 10.2 Å². The van der Waals surface area contributed by atoms with Crippen LogP contribution in [0.25, 0.3) is 10.8 Å². The number of nitrogens with zero attached hydrogens (tertiary/aromatic N) is 2. The highest BCUT2D eigenvalue weighted by molar-refractivity contribution is 5.88. The van der Waals surface area contributed by atoms with Crippen LogP contribution in [0.3, 0.4) is 0 Å². The molecule has 6 heteroatoms. The van der Waals surface area contributed by atoms with Crippen molar-refractivity contribution < 1.29 is 9.53 Å². The van der Waals surface area contributed by atoms with E-state index in [1.807, 2.05) is 24.3 Å². The predicted molar refractivity (Wildman–Crippen MR) is 65.7 cm³/mol. The molecule has 0 fully saturated rings. The SMILES string of the molecule is COC(=O)C(N)c1nncc2ccccc12.Cl. The van der Waals surface area contributed by atoms with E-state index in [1.54, 1.807) is 6.20 Å². The number of methoxy groups -OCH3 is 1. The van der Waals surface area contributed by atoms with E-state index in [-0.39, 0.29) is 12.4 Å². The molecular formula is C11H12ClN3O2. The van der Waals surface area contributed by atoms with Crippen LogP contribution in [0.4, 0.5) is 0 Å². The molecule has 17 heavy (non-hydrogen) atoms. The zero-order chi connectivity index (χ0) is 11.5. The van der Waals surface area contributed by atoms with Crippen LogP contribution < -0.4 is 5.73 Å². The highest BCUT2D eigenvalue weighted by atomic mass is 35.5. The van der Waals surface area contributed by atoms with E-state index in [0.717, 1.165) is 10.8 Å². The Morgan fingerprint density at radius 1 is 1.41 bits per heavy atom. The van der Waals surface area contributed by atoms with E-state index in [0.29, 0.717) is 5.69 Å². The summed E-state index contributed by atoms with van der Waals surface area (Å²) in [6.45, 7) is 0. The van der Waals surface area contributed by atoms with Crippen molar-refractivity contribution in [1.82, 2.24) is 10.2 Å². The molecule has 2 rings (SSSR count). The molecule has 1 aromatic heterocycles. The van der Waals surface area contributed by atoms with Gasteiger partial charge in [-0.25, -0.2) is 4.79 Å². The van der Waals surface area contributed by atoms with Gasteiger partial charge in [-0.1, -0.05) is 24.3 Å². The fraction of sp³-hybridized carbons (Fsp3) is 0.182. The molecule has 1 unspecified atom stereocenters. The zero-order valence-electron chi connectivity index (χ0n) is 9.16. The van der Waals surface area contributed by atoms with Gasteiger partial charge in [0.05, 0.1) is 19.0 Å². The number of hydrogen-bond donors (Lipinski definition) is 1. The van der Waals surface area contributed by atoms with Gasteiger partial charge in [0.2, 0.25) is 0 Å². The summed E-state index contributed by atoms with van der Waals surface area (Å²) in [4.78, 5) is 11.3. The van der Waals surface area contributed by atoms with E-state index in [1.165, 1.54) is 7.11 Å². The van der Waals surface area contributed by atoms with Crippen LogP contribution in [0.1, 0.15) is 11.7 Å². The van der Waals surface area contributed by atoms with Gasteiger partial charge in [-0.15, -0.1) is 12.4 Å². The first-order valence-corrected chi connectivity index (χ1v) is 4.78. The minimum absolute atomic E-state index is 0. The Hall–Kier alpha value is -1.72. The number of fused-ring (bicyclic) bond motifs is 1. The third-order valence-corrected chi connectivity index (χ3v) is 2.35. The Morgan fingerprint density at radius 3 is 2.82 bits per heavy atom. The second-order valence-corrected chi connectivity index (χ2v) is 3.32. The fourth-order valence-corrected chi connectivity index (χ4v) is 1.52. The number of benzene rings is 1. The van der Waals surface area contributed by atoms with Crippen LogP contribution in [0.2, 0.25) is 0 Å². The lowest BCUT2D eigenvalue weighted by molar-refractivity contribution is -0.142. The number of esters is 1. The molecule has 0 amide bonds. The van der Waals surface area contributed by atoms with Crippen molar-refractivity contribution in [2.75, 3.05) is 7.11 Å². The highest BCUT2D eigenvalue weighted by Gasteiger charge is 2.20. The van der Waals surface area contributed by atoms with Gasteiger partial charge < -0.3 is 10.5 Å². The van der Waals surface area contributed by atoms with Crippen molar-refractivity contribution in [3.8, 4) is 0 Å². The lowest BCUT2D eigenvalue weighted by Crippen LogP contribution is -2.24. The molecule has 90 valence electrons. The summed E-state index contributed by atoms with van der Waals surface area (Å²) in [5, 5.41) is 9.42. The standard InChI is InChI=1S/C11H11N3O2.ClH/c1-16-11(15)9(12)10-8-5-3-2-4-7(8)6-13-14-10;/h2-6,9H,12H2,1H3;1H. The quantitative estimate of drug-likeness (QED) is 0.815. The van der Waals surface area contributed by atoms with E-state index in [4.69, 9.17) is 5.73 Å². The Labute approximate surface area is 104 Å². The first kappa shape index (κ1) is 13.3. The topological polar surface area (TPSA) is 78.1 Å². The van der Waals surface area contributed by atoms with Crippen molar-refractivity contribution in [3.63, 3.8) is 0 Å². The number of carbonyl (C=O) groups is 1. The van der Waals surface area contributed by atoms with E-state index < -0.39 is 12.0 Å². The summed E-state index contributed by atoms with van der Waals surface area (Å²) >= 11 is 0. The smallest absolute Gasteiger partial charge is 0.329 e. The molecule has 0 radical (unpaired) electrons. The first-order chi connectivity index (χ1) is 7.74. The summed E-state index contributed by atoms with van der Waals surface area (Å²) in [5.74, 6) is -0.523. The number of ether oxygens (including phenoxy) is 1. The average Bonchev–Trinajstić information content (AvgIpc) is 2.36. The number of nitrogens with two attached hydrogens (primary N) is 1. The monoisotopic (exact) mass is 253 g/mol. The van der Waals surface area contributed by atoms with Crippen LogP contribution in [0.15, 0.2) is 30.5 Å². The van der Waals surface area contributed by atoms with Crippen molar-refractivity contribution in [2.24, 2.45) is 5.73 Å². The lowest BCUT2D eigenvalue weighted by Gasteiger charge is -2.10. The maximum atomic E-state index is 11.3. The van der Waals surface area contributed by atoms with Crippen molar-refractivity contribution >= 4 is 29.1 Å². The maximum Gasteiger partial charge on any atom is 0.329 e. The minimum atomic E-state index is -0.899. The molecule has 1 atom stereocenters. The van der Waals surface area contributed by atoms with Gasteiger partial charge in [-0.05, 0) is 0 Å². The molecule has 2 N–H and O–H groups in total. The molecule has 1 heterocycles. The molecule has 0 bridgehead atoms. The number of hydrogen-bond acceptors (Lipinski definition) is 5. The van der Waals surface area contributed by atoms with E-state index >= 15 is 0 Å². The highest BCUT2D eigenvalue weighted by Crippen LogP contribution is 2.20. The zero-order valence-corrected chi connectivity index (χ0v) is 9.98. The Kier molecular flexibility index (Phi) is 4.37. The van der Waals surface area contributed by atoms with Crippen LogP contribution in [0, 0.1) is 0 Å². The molecule has 1 aromatic carbocycles. The first-order valence-electron chi connectivity index (χ1n) is 4.78. The Balaban J connectivity index is 0.00000144. The van der Waals surface area contributed by atoms with Crippen molar-refractivity contribution in [1.29, 1.82) is 0 Å². The van der Waals surface area contributed by atoms with Crippen LogP contribution in [0.5, 0.6) is 0 Å². The molecular weight excluding hydrogens is 242 g/mol. The summed E-state index contributed by atoms with van der Waals surface area (Å²) in [7, 11) is 1.29. The van der Waals surface area contributed by atoms with Gasteiger partial charge in [0.1, 0.15) is 6.04 Å². The van der Waals surface area contributed by atoms with Gasteiger partial charge in [0.25, 0.3) is 0 Å². The largest absolute Gasteiger partial charge is 0.468 e. The lowest BCUT2D eigenvalue weighted by atomic mass is 10.1. The van der Waals surface area contributed by atoms with E-state index in [9.17, 15) is 4.79 Å². The summed E-state index contributed by atoms with van der Waals surface area (Å²) < 4.78 is 4.58. The molecule has 0 aliphatic heterocycles. The molecule has 5 nitrogen and oxygen atoms in total. The van der Waals surface area contributed by atoms with Crippen molar-refractivity contribution in [2.45, 2.75) is 6.04 Å². The van der Waals surface area contributed by atoms with Crippen LogP contribution >= 0.6 is 12.4 Å². The van der Waals surface area contributed by atoms with Crippen LogP contribution in [-0.4, -0.2) is 23.3 Å². The molecule has 2 aromatic rings. The summed E-state index contributed by atoms with van der Waals surface area (Å²) in [6.07, 6.45) is 1.63. The third kappa shape index (κ3) is 2.51. The molecule has 0 saturated carbocycles. The average molecular weight is 254 g/mol. The molecule has 0 spiro atoms. The molecule has 0 aliphatic rings. The van der Waals surface area contributed by atoms with Crippen molar-refractivity contribution in [3.05, 3.63) is 36.2 Å². The predicted octanol–water partition coefficient (Wildman–Crippen LogP) is 1.22. The second-order valence-electron chi connectivity index (χ2n) is 3.32. The van der Waals surface area contributed by atoms with Crippen LogP contribution in [-0.2, 0) is 9.53 Å². The third-order valence-electron chi connectivity index (χ3n) is 2.35. The second kappa shape index (κ2) is 5.56. The molecule has 0 aliphatic carbocycles. The summed E-state index contributed by atoms with van der Waals surface area (Å²) in [5.41, 5.74) is 6.17. The van der Waals surface area contributed by atoms with Gasteiger partial charge in [0.15, 0.2) is 0 Å². The maximum absolute atomic E-state index is 11.3. The summed E-state index contributed by atoms with van der Waals surface area (Å²) in [6, 6.07) is 6.58. The van der Waals surface area contributed by atoms with E-state index in [2.05, 4.69) is 14.9 Å². The normalized spacial score (nSPS) is 11.6. The molecule has 0 saturated heterocycles. The number of rotatable bonds is 2. The van der Waals surface area contributed by atoms with Gasteiger partial charge >= 0.3 is 5.97 Å². The van der Waals surface area contributed by atoms with Gasteiger partial charge in [0, 0.05) is 10.8 Å². The Bertz CT molecular complexity index is 528. The fourth-order valence-electron chi connectivity index (χ4n) is 1.52. The Morgan fingerprint density at radius 2 is 2.12 bits per heavy atom. The van der Waals surface area contributed by atoms with Gasteiger partial charge in [-0.3, -0.25) is 0 Å². The minimum Gasteiger partial charge on any atom is -0.468 e.